The molecule has 0 radical (unpaired) electrons. The van der Waals surface area contributed by atoms with Gasteiger partial charge in [-0.05, 0) is 11.6 Å². The molecule has 116 valence electrons. The lowest BCUT2D eigenvalue weighted by Gasteiger charge is -2.19. The van der Waals surface area contributed by atoms with Crippen LogP contribution < -0.4 is 5.32 Å². The standard InChI is InChI=1S/C17H18ClNO3/c1-22-15(13-9-5-6-10-14(13)18)11-19-17(21)16(20)12-7-3-2-4-8-12/h2-10,15-16,20H,11H2,1H3,(H,19,21). The van der Waals surface area contributed by atoms with Gasteiger partial charge in [0, 0.05) is 24.2 Å². The minimum Gasteiger partial charge on any atom is -0.378 e. The first-order chi connectivity index (χ1) is 10.6. The monoisotopic (exact) mass is 319 g/mol. The van der Waals surface area contributed by atoms with Gasteiger partial charge in [0.15, 0.2) is 6.10 Å². The van der Waals surface area contributed by atoms with Crippen molar-refractivity contribution in [2.24, 2.45) is 0 Å². The van der Waals surface area contributed by atoms with Crippen molar-refractivity contribution in [3.8, 4) is 0 Å². The Morgan fingerprint density at radius 3 is 2.45 bits per heavy atom. The molecule has 2 atom stereocenters. The second-order valence-electron chi connectivity index (χ2n) is 4.80. The summed E-state index contributed by atoms with van der Waals surface area (Å²) in [7, 11) is 1.55. The molecule has 0 aliphatic carbocycles. The summed E-state index contributed by atoms with van der Waals surface area (Å²) < 4.78 is 5.37. The molecular weight excluding hydrogens is 302 g/mol. The van der Waals surface area contributed by atoms with Gasteiger partial charge < -0.3 is 15.2 Å². The zero-order valence-electron chi connectivity index (χ0n) is 12.2. The summed E-state index contributed by atoms with van der Waals surface area (Å²) in [4.78, 5) is 12.0. The molecular formula is C17H18ClNO3. The third-order valence-corrected chi connectivity index (χ3v) is 3.71. The Bertz CT molecular complexity index is 618. The molecule has 0 aromatic heterocycles. The van der Waals surface area contributed by atoms with Gasteiger partial charge in [-0.2, -0.15) is 0 Å². The Kier molecular flexibility index (Phi) is 5.95. The number of ether oxygens (including phenoxy) is 1. The molecule has 1 amide bonds. The molecule has 0 aliphatic rings. The molecule has 2 aromatic rings. The minimum absolute atomic E-state index is 0.225. The van der Waals surface area contributed by atoms with E-state index in [9.17, 15) is 9.90 Å². The number of halogens is 1. The minimum atomic E-state index is -1.20. The van der Waals surface area contributed by atoms with Gasteiger partial charge in [0.05, 0.1) is 0 Å². The van der Waals surface area contributed by atoms with Crippen molar-refractivity contribution < 1.29 is 14.6 Å². The van der Waals surface area contributed by atoms with Crippen molar-refractivity contribution in [2.75, 3.05) is 13.7 Å². The second-order valence-corrected chi connectivity index (χ2v) is 5.21. The molecule has 2 unspecified atom stereocenters. The normalized spacial score (nSPS) is 13.4. The molecule has 0 saturated carbocycles. The van der Waals surface area contributed by atoms with E-state index in [0.717, 1.165) is 5.56 Å². The first-order valence-corrected chi connectivity index (χ1v) is 7.29. The summed E-state index contributed by atoms with van der Waals surface area (Å²) in [6.07, 6.45) is -1.58. The molecule has 2 aromatic carbocycles. The van der Waals surface area contributed by atoms with Crippen molar-refractivity contribution in [1.29, 1.82) is 0 Å². The Hall–Kier alpha value is -1.88. The highest BCUT2D eigenvalue weighted by molar-refractivity contribution is 6.31. The lowest BCUT2D eigenvalue weighted by molar-refractivity contribution is -0.130. The molecule has 0 heterocycles. The van der Waals surface area contributed by atoms with E-state index < -0.39 is 12.0 Å². The summed E-state index contributed by atoms with van der Waals surface area (Å²) in [5.74, 6) is -0.472. The van der Waals surface area contributed by atoms with Crippen molar-refractivity contribution in [3.05, 3.63) is 70.7 Å². The quantitative estimate of drug-likeness (QED) is 0.860. The average Bonchev–Trinajstić information content (AvgIpc) is 2.56. The number of rotatable bonds is 6. The molecule has 0 fully saturated rings. The van der Waals surface area contributed by atoms with Crippen LogP contribution in [0.5, 0.6) is 0 Å². The highest BCUT2D eigenvalue weighted by atomic mass is 35.5. The number of carbonyl (C=O) groups excluding carboxylic acids is 1. The van der Waals surface area contributed by atoms with Crippen LogP contribution >= 0.6 is 11.6 Å². The summed E-state index contributed by atoms with van der Waals surface area (Å²) in [6.45, 7) is 0.225. The van der Waals surface area contributed by atoms with Gasteiger partial charge in [-0.3, -0.25) is 4.79 Å². The fourth-order valence-corrected chi connectivity index (χ4v) is 2.39. The summed E-state index contributed by atoms with van der Waals surface area (Å²) in [5, 5.41) is 13.3. The zero-order chi connectivity index (χ0) is 15.9. The van der Waals surface area contributed by atoms with Crippen LogP contribution in [0, 0.1) is 0 Å². The number of aliphatic hydroxyl groups is 1. The first kappa shape index (κ1) is 16.5. The number of nitrogens with one attached hydrogen (secondary N) is 1. The number of benzene rings is 2. The smallest absolute Gasteiger partial charge is 0.253 e. The van der Waals surface area contributed by atoms with Gasteiger partial charge in [-0.25, -0.2) is 0 Å². The Morgan fingerprint density at radius 1 is 1.18 bits per heavy atom. The SMILES string of the molecule is COC(CNC(=O)C(O)c1ccccc1)c1ccccc1Cl. The van der Waals surface area contributed by atoms with Crippen LogP contribution in [0.3, 0.4) is 0 Å². The fourth-order valence-electron chi connectivity index (χ4n) is 2.13. The number of hydrogen-bond acceptors (Lipinski definition) is 3. The average molecular weight is 320 g/mol. The highest BCUT2D eigenvalue weighted by Crippen LogP contribution is 2.24. The van der Waals surface area contributed by atoms with Crippen LogP contribution in [-0.4, -0.2) is 24.7 Å². The van der Waals surface area contributed by atoms with E-state index in [0.29, 0.717) is 10.6 Å². The van der Waals surface area contributed by atoms with Gasteiger partial charge in [0.25, 0.3) is 5.91 Å². The molecule has 5 heteroatoms. The van der Waals surface area contributed by atoms with Crippen LogP contribution in [0.2, 0.25) is 5.02 Å². The molecule has 22 heavy (non-hydrogen) atoms. The maximum absolute atomic E-state index is 12.0. The lowest BCUT2D eigenvalue weighted by Crippen LogP contribution is -2.33. The Labute approximate surface area is 134 Å². The summed E-state index contributed by atoms with van der Waals surface area (Å²) in [5.41, 5.74) is 1.34. The van der Waals surface area contributed by atoms with E-state index in [4.69, 9.17) is 16.3 Å². The van der Waals surface area contributed by atoms with Crippen LogP contribution in [0.25, 0.3) is 0 Å². The number of aliphatic hydroxyl groups excluding tert-OH is 1. The van der Waals surface area contributed by atoms with Gasteiger partial charge in [-0.15, -0.1) is 0 Å². The van der Waals surface area contributed by atoms with E-state index in [2.05, 4.69) is 5.32 Å². The van der Waals surface area contributed by atoms with E-state index >= 15 is 0 Å². The Morgan fingerprint density at radius 2 is 1.82 bits per heavy atom. The van der Waals surface area contributed by atoms with E-state index in [-0.39, 0.29) is 12.6 Å². The maximum Gasteiger partial charge on any atom is 0.253 e. The van der Waals surface area contributed by atoms with Gasteiger partial charge >= 0.3 is 0 Å². The highest BCUT2D eigenvalue weighted by Gasteiger charge is 2.20. The third kappa shape index (κ3) is 4.07. The number of carbonyl (C=O) groups is 1. The van der Waals surface area contributed by atoms with Crippen molar-refractivity contribution in [3.63, 3.8) is 0 Å². The van der Waals surface area contributed by atoms with E-state index in [1.807, 2.05) is 24.3 Å². The number of amides is 1. The molecule has 0 spiro atoms. The largest absolute Gasteiger partial charge is 0.378 e. The van der Waals surface area contributed by atoms with Gasteiger partial charge in [-0.1, -0.05) is 60.1 Å². The Balaban J connectivity index is 1.99. The second kappa shape index (κ2) is 7.94. The number of methoxy groups -OCH3 is 1. The van der Waals surface area contributed by atoms with E-state index in [1.165, 1.54) is 0 Å². The van der Waals surface area contributed by atoms with Gasteiger partial charge in [0.2, 0.25) is 0 Å². The molecule has 0 bridgehead atoms. The molecule has 0 saturated heterocycles. The van der Waals surface area contributed by atoms with Gasteiger partial charge in [0.1, 0.15) is 6.10 Å². The molecule has 0 aliphatic heterocycles. The van der Waals surface area contributed by atoms with Crippen LogP contribution in [-0.2, 0) is 9.53 Å². The fraction of sp³-hybridized carbons (Fsp3) is 0.235. The van der Waals surface area contributed by atoms with Crippen molar-refractivity contribution in [2.45, 2.75) is 12.2 Å². The van der Waals surface area contributed by atoms with E-state index in [1.54, 1.807) is 37.4 Å². The molecule has 4 nitrogen and oxygen atoms in total. The van der Waals surface area contributed by atoms with Crippen LogP contribution in [0.4, 0.5) is 0 Å². The van der Waals surface area contributed by atoms with Crippen LogP contribution in [0.15, 0.2) is 54.6 Å². The topological polar surface area (TPSA) is 58.6 Å². The predicted molar refractivity (Wildman–Crippen MR) is 85.6 cm³/mol. The third-order valence-electron chi connectivity index (χ3n) is 3.36. The summed E-state index contributed by atoms with van der Waals surface area (Å²) >= 11 is 6.13. The molecule has 2 rings (SSSR count). The zero-order valence-corrected chi connectivity index (χ0v) is 13.0. The lowest BCUT2D eigenvalue weighted by atomic mass is 10.1. The van der Waals surface area contributed by atoms with Crippen molar-refractivity contribution in [1.82, 2.24) is 5.32 Å². The van der Waals surface area contributed by atoms with Crippen LogP contribution in [0.1, 0.15) is 23.3 Å². The molecule has 2 N–H and O–H groups in total. The maximum atomic E-state index is 12.0. The first-order valence-electron chi connectivity index (χ1n) is 6.91. The number of hydrogen-bond donors (Lipinski definition) is 2. The van der Waals surface area contributed by atoms with Crippen molar-refractivity contribution >= 4 is 17.5 Å². The predicted octanol–water partition coefficient (Wildman–Crippen LogP) is 2.88. The summed E-state index contributed by atoms with van der Waals surface area (Å²) in [6, 6.07) is 16.1.